The number of aromatic nitrogens is 4. The molecule has 2 N–H and O–H groups in total. The number of aryl methyl sites for hydroxylation is 1. The first-order chi connectivity index (χ1) is 6.86. The van der Waals surface area contributed by atoms with Crippen LogP contribution in [0.15, 0.2) is 6.33 Å². The molecule has 0 unspecified atom stereocenters. The van der Waals surface area contributed by atoms with E-state index in [1.54, 1.807) is 0 Å². The van der Waals surface area contributed by atoms with Crippen LogP contribution in [0.3, 0.4) is 0 Å². The van der Waals surface area contributed by atoms with E-state index in [4.69, 9.17) is 5.73 Å². The van der Waals surface area contributed by atoms with Crippen molar-refractivity contribution in [2.75, 3.05) is 11.5 Å². The fourth-order valence-corrected chi connectivity index (χ4v) is 2.52. The number of hydrogen-bond acceptors (Lipinski definition) is 5. The van der Waals surface area contributed by atoms with E-state index in [0.717, 1.165) is 35.0 Å². The molecule has 6 heteroatoms. The predicted molar refractivity (Wildman–Crippen MR) is 55.9 cm³/mol. The molecule has 3 rings (SSSR count). The zero-order valence-corrected chi connectivity index (χ0v) is 8.29. The third-order valence-electron chi connectivity index (χ3n) is 2.33. The molecular formula is C8H9N5S. The molecule has 72 valence electrons. The van der Waals surface area contributed by atoms with Gasteiger partial charge in [-0.15, -0.1) is 0 Å². The molecule has 0 bridgehead atoms. The van der Waals surface area contributed by atoms with Crippen molar-refractivity contribution in [1.29, 1.82) is 0 Å². The molecule has 2 aromatic rings. The summed E-state index contributed by atoms with van der Waals surface area (Å²) in [4.78, 5) is 12.6. The van der Waals surface area contributed by atoms with E-state index in [1.807, 2.05) is 11.8 Å². The van der Waals surface area contributed by atoms with Crippen molar-refractivity contribution in [3.63, 3.8) is 0 Å². The second kappa shape index (κ2) is 2.84. The lowest BCUT2D eigenvalue weighted by Crippen LogP contribution is -2.10. The summed E-state index contributed by atoms with van der Waals surface area (Å²) in [7, 11) is 0. The summed E-state index contributed by atoms with van der Waals surface area (Å²) in [6, 6.07) is 0. The predicted octanol–water partition coefficient (Wildman–Crippen LogP) is 0.655. The molecule has 1 aliphatic heterocycles. The van der Waals surface area contributed by atoms with Crippen LogP contribution in [0, 0.1) is 0 Å². The fraction of sp³-hybridized carbons (Fsp3) is 0.375. The Morgan fingerprint density at radius 2 is 2.36 bits per heavy atom. The lowest BCUT2D eigenvalue weighted by atomic mass is 10.5. The van der Waals surface area contributed by atoms with E-state index < -0.39 is 0 Å². The minimum absolute atomic E-state index is 0.474. The summed E-state index contributed by atoms with van der Waals surface area (Å²) in [5, 5.41) is 0. The first kappa shape index (κ1) is 8.05. The Morgan fingerprint density at radius 1 is 1.43 bits per heavy atom. The summed E-state index contributed by atoms with van der Waals surface area (Å²) in [6.07, 6.45) is 1.49. The number of anilines is 1. The van der Waals surface area contributed by atoms with Gasteiger partial charge >= 0.3 is 0 Å². The average molecular weight is 207 g/mol. The van der Waals surface area contributed by atoms with Crippen molar-refractivity contribution in [3.8, 4) is 0 Å². The zero-order chi connectivity index (χ0) is 9.54. The fourth-order valence-electron chi connectivity index (χ4n) is 1.66. The Bertz CT molecular complexity index is 492. The Morgan fingerprint density at radius 3 is 3.29 bits per heavy atom. The van der Waals surface area contributed by atoms with Gasteiger partial charge in [-0.2, -0.15) is 11.8 Å². The molecule has 3 heterocycles. The molecule has 0 saturated carbocycles. The Kier molecular flexibility index (Phi) is 1.63. The molecule has 0 aromatic carbocycles. The topological polar surface area (TPSA) is 69.6 Å². The summed E-state index contributed by atoms with van der Waals surface area (Å²) in [6.45, 7) is 0.965. The summed E-state index contributed by atoms with van der Waals surface area (Å²) < 4.78 is 2.13. The van der Waals surface area contributed by atoms with Crippen LogP contribution >= 0.6 is 11.8 Å². The Hall–Kier alpha value is -1.30. The van der Waals surface area contributed by atoms with Gasteiger partial charge in [0.25, 0.3) is 0 Å². The van der Waals surface area contributed by atoms with Crippen molar-refractivity contribution in [3.05, 3.63) is 12.2 Å². The van der Waals surface area contributed by atoms with Gasteiger partial charge in [-0.3, -0.25) is 0 Å². The number of nitrogens with two attached hydrogens (primary N) is 1. The smallest absolute Gasteiger partial charge is 0.165 e. The highest BCUT2D eigenvalue weighted by Crippen LogP contribution is 2.24. The van der Waals surface area contributed by atoms with Crippen molar-refractivity contribution in [2.24, 2.45) is 0 Å². The lowest BCUT2D eigenvalue weighted by molar-refractivity contribution is 0.732. The van der Waals surface area contributed by atoms with Crippen molar-refractivity contribution < 1.29 is 0 Å². The number of fused-ring (bicyclic) bond motifs is 3. The molecule has 1 aliphatic rings. The lowest BCUT2D eigenvalue weighted by Gasteiger charge is -2.12. The van der Waals surface area contributed by atoms with Gasteiger partial charge in [-0.1, -0.05) is 0 Å². The van der Waals surface area contributed by atoms with Crippen LogP contribution in [0.2, 0.25) is 0 Å². The standard InChI is InChI=1S/C8H9N5S/c9-7-6-8(11-4-10-7)13-1-2-14-3-5(13)12-6/h4H,1-3H2,(H2,9,10,11). The molecule has 0 radical (unpaired) electrons. The van der Waals surface area contributed by atoms with Gasteiger partial charge in [0.05, 0.1) is 5.75 Å². The molecule has 0 aliphatic carbocycles. The second-order valence-electron chi connectivity index (χ2n) is 3.16. The highest BCUT2D eigenvalue weighted by Gasteiger charge is 2.17. The number of nitrogen functional groups attached to an aromatic ring is 1. The maximum Gasteiger partial charge on any atom is 0.165 e. The monoisotopic (exact) mass is 207 g/mol. The van der Waals surface area contributed by atoms with Gasteiger partial charge in [0, 0.05) is 12.3 Å². The molecule has 0 saturated heterocycles. The van der Waals surface area contributed by atoms with E-state index in [-0.39, 0.29) is 0 Å². The Balaban J connectivity index is 2.36. The molecule has 0 amide bonds. The number of rotatable bonds is 0. The van der Waals surface area contributed by atoms with Crippen LogP contribution in [-0.4, -0.2) is 25.3 Å². The first-order valence-electron chi connectivity index (χ1n) is 4.39. The van der Waals surface area contributed by atoms with Crippen molar-refractivity contribution in [2.45, 2.75) is 12.3 Å². The maximum atomic E-state index is 5.73. The van der Waals surface area contributed by atoms with Crippen molar-refractivity contribution in [1.82, 2.24) is 19.5 Å². The van der Waals surface area contributed by atoms with Gasteiger partial charge in [-0.25, -0.2) is 15.0 Å². The van der Waals surface area contributed by atoms with Gasteiger partial charge in [0.2, 0.25) is 0 Å². The minimum atomic E-state index is 0.474. The van der Waals surface area contributed by atoms with Crippen LogP contribution in [0.5, 0.6) is 0 Å². The Labute approximate surface area is 84.7 Å². The third kappa shape index (κ3) is 1.00. The summed E-state index contributed by atoms with van der Waals surface area (Å²) in [5.41, 5.74) is 7.34. The molecule has 0 atom stereocenters. The molecule has 0 fully saturated rings. The van der Waals surface area contributed by atoms with Crippen LogP contribution < -0.4 is 5.73 Å². The largest absolute Gasteiger partial charge is 0.382 e. The molecular weight excluding hydrogens is 198 g/mol. The SMILES string of the molecule is Nc1ncnc2c1nc1n2CCSC1. The molecule has 2 aromatic heterocycles. The van der Waals surface area contributed by atoms with Crippen LogP contribution in [0.1, 0.15) is 5.82 Å². The first-order valence-corrected chi connectivity index (χ1v) is 5.55. The highest BCUT2D eigenvalue weighted by molar-refractivity contribution is 7.98. The van der Waals surface area contributed by atoms with Crippen LogP contribution in [-0.2, 0) is 12.3 Å². The van der Waals surface area contributed by atoms with Crippen LogP contribution in [0.25, 0.3) is 11.2 Å². The highest BCUT2D eigenvalue weighted by atomic mass is 32.2. The summed E-state index contributed by atoms with van der Waals surface area (Å²) in [5.74, 6) is 3.59. The zero-order valence-electron chi connectivity index (χ0n) is 7.47. The molecule has 0 spiro atoms. The van der Waals surface area contributed by atoms with E-state index in [1.165, 1.54) is 6.33 Å². The number of imidazole rings is 1. The number of hydrogen-bond donors (Lipinski definition) is 1. The molecule has 14 heavy (non-hydrogen) atoms. The van der Waals surface area contributed by atoms with E-state index >= 15 is 0 Å². The number of thioether (sulfide) groups is 1. The van der Waals surface area contributed by atoms with Gasteiger partial charge in [-0.05, 0) is 0 Å². The average Bonchev–Trinajstić information content (AvgIpc) is 2.59. The quantitative estimate of drug-likeness (QED) is 0.687. The van der Waals surface area contributed by atoms with Gasteiger partial charge < -0.3 is 10.3 Å². The number of nitrogens with zero attached hydrogens (tertiary/aromatic N) is 4. The van der Waals surface area contributed by atoms with Gasteiger partial charge in [0.1, 0.15) is 12.2 Å². The van der Waals surface area contributed by atoms with E-state index in [0.29, 0.717) is 5.82 Å². The van der Waals surface area contributed by atoms with E-state index in [9.17, 15) is 0 Å². The second-order valence-corrected chi connectivity index (χ2v) is 4.27. The normalized spacial score (nSPS) is 15.7. The summed E-state index contributed by atoms with van der Waals surface area (Å²) >= 11 is 1.89. The maximum absolute atomic E-state index is 5.73. The minimum Gasteiger partial charge on any atom is -0.382 e. The third-order valence-corrected chi connectivity index (χ3v) is 3.26. The van der Waals surface area contributed by atoms with Gasteiger partial charge in [0.15, 0.2) is 17.0 Å². The van der Waals surface area contributed by atoms with Crippen molar-refractivity contribution >= 4 is 28.7 Å². The molecule has 5 nitrogen and oxygen atoms in total. The van der Waals surface area contributed by atoms with Crippen LogP contribution in [0.4, 0.5) is 5.82 Å². The van der Waals surface area contributed by atoms with E-state index in [2.05, 4.69) is 19.5 Å².